The number of methoxy groups -OCH3 is 1. The molecule has 1 heterocycles. The molecule has 1 aliphatic heterocycles. The van der Waals surface area contributed by atoms with Gasteiger partial charge >= 0.3 is 0 Å². The number of carbonyl (C=O) groups excluding carboxylic acids is 1. The van der Waals surface area contributed by atoms with Crippen molar-refractivity contribution >= 4 is 11.6 Å². The predicted octanol–water partition coefficient (Wildman–Crippen LogP) is 2.90. The van der Waals surface area contributed by atoms with Gasteiger partial charge in [0.1, 0.15) is 5.75 Å². The zero-order valence-corrected chi connectivity index (χ0v) is 14.4. The fourth-order valence-electron chi connectivity index (χ4n) is 3.04. The molecule has 1 amide bonds. The number of aliphatic hydroxyl groups excluding tert-OH is 1. The van der Waals surface area contributed by atoms with Crippen molar-refractivity contribution < 1.29 is 14.6 Å². The molecule has 0 radical (unpaired) electrons. The number of aliphatic hydroxyl groups is 1. The number of nitrogens with one attached hydrogen (secondary N) is 1. The van der Waals surface area contributed by atoms with Crippen molar-refractivity contribution in [2.75, 3.05) is 25.5 Å². The van der Waals surface area contributed by atoms with E-state index in [1.807, 2.05) is 24.3 Å². The van der Waals surface area contributed by atoms with Crippen LogP contribution in [0.25, 0.3) is 0 Å². The summed E-state index contributed by atoms with van der Waals surface area (Å²) in [6, 6.07) is 14.9. The van der Waals surface area contributed by atoms with Crippen LogP contribution in [0.3, 0.4) is 0 Å². The summed E-state index contributed by atoms with van der Waals surface area (Å²) >= 11 is 0. The molecule has 0 unspecified atom stereocenters. The molecule has 2 aromatic carbocycles. The summed E-state index contributed by atoms with van der Waals surface area (Å²) in [6.45, 7) is 2.52. The van der Waals surface area contributed by atoms with Crippen LogP contribution in [0, 0.1) is 0 Å². The van der Waals surface area contributed by atoms with Crippen LogP contribution < -0.4 is 10.1 Å². The molecular weight excluding hydrogens is 316 g/mol. The Morgan fingerprint density at radius 2 is 1.84 bits per heavy atom. The molecule has 1 saturated heterocycles. The first-order valence-corrected chi connectivity index (χ1v) is 8.59. The van der Waals surface area contributed by atoms with Crippen molar-refractivity contribution in [2.24, 2.45) is 0 Å². The molecule has 132 valence electrons. The number of anilines is 1. The second-order valence-electron chi connectivity index (χ2n) is 6.35. The summed E-state index contributed by atoms with van der Waals surface area (Å²) in [6.07, 6.45) is 1.43. The molecule has 1 fully saturated rings. The van der Waals surface area contributed by atoms with E-state index in [0.717, 1.165) is 49.5 Å². The quantitative estimate of drug-likeness (QED) is 0.879. The summed E-state index contributed by atoms with van der Waals surface area (Å²) < 4.78 is 5.12. The van der Waals surface area contributed by atoms with Gasteiger partial charge in [0.05, 0.1) is 13.2 Å². The van der Waals surface area contributed by atoms with E-state index in [0.29, 0.717) is 5.56 Å². The van der Waals surface area contributed by atoms with Gasteiger partial charge in [-0.3, -0.25) is 9.69 Å². The van der Waals surface area contributed by atoms with Crippen LogP contribution in [0.4, 0.5) is 5.69 Å². The lowest BCUT2D eigenvalue weighted by molar-refractivity contribution is 0.0793. The molecule has 0 saturated carbocycles. The lowest BCUT2D eigenvalue weighted by atomic mass is 10.1. The van der Waals surface area contributed by atoms with E-state index < -0.39 is 0 Å². The van der Waals surface area contributed by atoms with E-state index in [4.69, 9.17) is 4.74 Å². The minimum atomic E-state index is -0.179. The second-order valence-corrected chi connectivity index (χ2v) is 6.35. The Bertz CT molecular complexity index is 707. The van der Waals surface area contributed by atoms with Crippen LogP contribution in [0.15, 0.2) is 48.5 Å². The van der Waals surface area contributed by atoms with Gasteiger partial charge in [-0.25, -0.2) is 0 Å². The molecule has 5 nitrogen and oxygen atoms in total. The Morgan fingerprint density at radius 1 is 1.16 bits per heavy atom. The normalized spacial score (nSPS) is 15.8. The fraction of sp³-hybridized carbons (Fsp3) is 0.350. The van der Waals surface area contributed by atoms with Crippen LogP contribution in [0.1, 0.15) is 28.8 Å². The van der Waals surface area contributed by atoms with E-state index in [1.165, 1.54) is 0 Å². The molecule has 0 bridgehead atoms. The average Bonchev–Trinajstić information content (AvgIpc) is 2.65. The van der Waals surface area contributed by atoms with Gasteiger partial charge in [-0.15, -0.1) is 0 Å². The summed E-state index contributed by atoms with van der Waals surface area (Å²) in [4.78, 5) is 14.8. The van der Waals surface area contributed by atoms with E-state index in [9.17, 15) is 9.90 Å². The summed E-state index contributed by atoms with van der Waals surface area (Å²) in [7, 11) is 1.60. The standard InChI is InChI=1S/C20H24N2O3/c1-25-18-8-6-15(7-9-18)20(24)21-19-5-3-2-4-16(19)14-22-12-10-17(23)11-13-22/h2-9,17,23H,10-14H2,1H3,(H,21,24). The number of piperidine rings is 1. The van der Waals surface area contributed by atoms with Crippen LogP contribution >= 0.6 is 0 Å². The highest BCUT2D eigenvalue weighted by Crippen LogP contribution is 2.21. The largest absolute Gasteiger partial charge is 0.497 e. The first kappa shape index (κ1) is 17.5. The Hall–Kier alpha value is -2.37. The number of nitrogens with zero attached hydrogens (tertiary/aromatic N) is 1. The number of benzene rings is 2. The lowest BCUT2D eigenvalue weighted by Gasteiger charge is -2.30. The van der Waals surface area contributed by atoms with Gasteiger partial charge in [0.15, 0.2) is 0 Å². The zero-order valence-electron chi connectivity index (χ0n) is 14.4. The molecule has 3 rings (SSSR count). The molecule has 0 aliphatic carbocycles. The third-order valence-corrected chi connectivity index (χ3v) is 4.57. The molecule has 25 heavy (non-hydrogen) atoms. The number of carbonyl (C=O) groups is 1. The van der Waals surface area contributed by atoms with Gasteiger partial charge in [-0.05, 0) is 48.7 Å². The van der Waals surface area contributed by atoms with E-state index >= 15 is 0 Å². The van der Waals surface area contributed by atoms with E-state index in [-0.39, 0.29) is 12.0 Å². The summed E-state index contributed by atoms with van der Waals surface area (Å²) in [5.74, 6) is 0.591. The van der Waals surface area contributed by atoms with E-state index in [2.05, 4.69) is 10.2 Å². The van der Waals surface area contributed by atoms with Gasteiger partial charge in [0, 0.05) is 30.9 Å². The maximum absolute atomic E-state index is 12.5. The number of hydrogen-bond donors (Lipinski definition) is 2. The van der Waals surface area contributed by atoms with Gasteiger partial charge in [-0.2, -0.15) is 0 Å². The van der Waals surface area contributed by atoms with Crippen LogP contribution in [0.5, 0.6) is 5.75 Å². The van der Waals surface area contributed by atoms with Crippen molar-refractivity contribution in [1.82, 2.24) is 4.90 Å². The van der Waals surface area contributed by atoms with Crippen LogP contribution in [0.2, 0.25) is 0 Å². The Morgan fingerprint density at radius 3 is 2.52 bits per heavy atom. The highest BCUT2D eigenvalue weighted by atomic mass is 16.5. The Balaban J connectivity index is 1.68. The number of para-hydroxylation sites is 1. The molecule has 0 spiro atoms. The first-order valence-electron chi connectivity index (χ1n) is 8.59. The van der Waals surface area contributed by atoms with Crippen LogP contribution in [-0.4, -0.2) is 42.2 Å². The van der Waals surface area contributed by atoms with Crippen LogP contribution in [-0.2, 0) is 6.54 Å². The molecular formula is C20H24N2O3. The second kappa shape index (κ2) is 8.14. The monoisotopic (exact) mass is 340 g/mol. The first-order chi connectivity index (χ1) is 12.2. The third kappa shape index (κ3) is 4.59. The van der Waals surface area contributed by atoms with Gasteiger partial charge in [0.25, 0.3) is 5.91 Å². The number of ether oxygens (including phenoxy) is 1. The molecule has 2 N–H and O–H groups in total. The summed E-state index contributed by atoms with van der Waals surface area (Å²) in [5, 5.41) is 12.6. The third-order valence-electron chi connectivity index (χ3n) is 4.57. The minimum absolute atomic E-state index is 0.135. The van der Waals surface area contributed by atoms with Gasteiger partial charge in [0.2, 0.25) is 0 Å². The number of likely N-dealkylation sites (tertiary alicyclic amines) is 1. The van der Waals surface area contributed by atoms with E-state index in [1.54, 1.807) is 31.4 Å². The number of hydrogen-bond acceptors (Lipinski definition) is 4. The molecule has 5 heteroatoms. The van der Waals surface area contributed by atoms with Crippen molar-refractivity contribution in [2.45, 2.75) is 25.5 Å². The Kier molecular flexibility index (Phi) is 5.68. The smallest absolute Gasteiger partial charge is 0.255 e. The lowest BCUT2D eigenvalue weighted by Crippen LogP contribution is -2.35. The fourth-order valence-corrected chi connectivity index (χ4v) is 3.04. The molecule has 1 aliphatic rings. The summed E-state index contributed by atoms with van der Waals surface area (Å²) in [5.41, 5.74) is 2.51. The molecule has 0 atom stereocenters. The zero-order chi connectivity index (χ0) is 17.6. The van der Waals surface area contributed by atoms with Gasteiger partial charge < -0.3 is 15.2 Å². The highest BCUT2D eigenvalue weighted by Gasteiger charge is 2.18. The highest BCUT2D eigenvalue weighted by molar-refractivity contribution is 6.04. The number of amides is 1. The van der Waals surface area contributed by atoms with Crippen molar-refractivity contribution in [1.29, 1.82) is 0 Å². The predicted molar refractivity (Wildman–Crippen MR) is 97.9 cm³/mol. The molecule has 2 aromatic rings. The van der Waals surface area contributed by atoms with Crippen molar-refractivity contribution in [3.8, 4) is 5.75 Å². The van der Waals surface area contributed by atoms with Crippen molar-refractivity contribution in [3.63, 3.8) is 0 Å². The average molecular weight is 340 g/mol. The topological polar surface area (TPSA) is 61.8 Å². The number of rotatable bonds is 5. The van der Waals surface area contributed by atoms with Crippen molar-refractivity contribution in [3.05, 3.63) is 59.7 Å². The molecule has 0 aromatic heterocycles. The Labute approximate surface area is 148 Å². The SMILES string of the molecule is COc1ccc(C(=O)Nc2ccccc2CN2CCC(O)CC2)cc1. The maximum atomic E-state index is 12.5. The van der Waals surface area contributed by atoms with Gasteiger partial charge in [-0.1, -0.05) is 18.2 Å². The minimum Gasteiger partial charge on any atom is -0.497 e. The maximum Gasteiger partial charge on any atom is 0.255 e.